The maximum absolute atomic E-state index is 11.4. The summed E-state index contributed by atoms with van der Waals surface area (Å²) in [6, 6.07) is 3.54. The number of nitrogens with one attached hydrogen (secondary N) is 1. The average molecular weight is 498 g/mol. The van der Waals surface area contributed by atoms with E-state index in [1.54, 1.807) is 0 Å². The summed E-state index contributed by atoms with van der Waals surface area (Å²) in [6.07, 6.45) is 2.37. The number of nitrogens with zero attached hydrogens (tertiary/aromatic N) is 1. The van der Waals surface area contributed by atoms with Crippen LogP contribution in [-0.4, -0.2) is 42.6 Å². The second-order valence-corrected chi connectivity index (χ2v) is 7.99. The predicted molar refractivity (Wildman–Crippen MR) is 94.3 cm³/mol. The van der Waals surface area contributed by atoms with Crippen molar-refractivity contribution in [2.45, 2.75) is 12.5 Å². The van der Waals surface area contributed by atoms with E-state index < -0.39 is 12.0 Å². The number of quaternary nitrogens is 1. The van der Waals surface area contributed by atoms with E-state index in [9.17, 15) is 9.90 Å². The van der Waals surface area contributed by atoms with Gasteiger partial charge in [-0.15, -0.1) is 0 Å². The zero-order valence-corrected chi connectivity index (χ0v) is 15.9. The minimum absolute atomic E-state index is 0.344. The molecule has 0 saturated heterocycles. The summed E-state index contributed by atoms with van der Waals surface area (Å²) in [5.74, 6) is -1.01. The lowest BCUT2D eigenvalue weighted by Crippen LogP contribution is -2.55. The zero-order valence-electron chi connectivity index (χ0n) is 11.5. The fourth-order valence-electron chi connectivity index (χ4n) is 2.25. The Morgan fingerprint density at radius 2 is 2.00 bits per heavy atom. The highest BCUT2D eigenvalue weighted by Gasteiger charge is 2.26. The summed E-state index contributed by atoms with van der Waals surface area (Å²) in [7, 11) is 5.63. The summed E-state index contributed by atoms with van der Waals surface area (Å²) in [5, 5.41) is 12.5. The number of aliphatic carboxylic acids is 1. The van der Waals surface area contributed by atoms with E-state index in [0.717, 1.165) is 16.5 Å². The lowest BCUT2D eigenvalue weighted by molar-refractivity contribution is -0.889. The van der Waals surface area contributed by atoms with Crippen LogP contribution in [0.2, 0.25) is 0 Å². The van der Waals surface area contributed by atoms with Crippen molar-refractivity contribution in [3.05, 3.63) is 31.0 Å². The number of H-pyrrole nitrogens is 1. The van der Waals surface area contributed by atoms with E-state index in [-0.39, 0.29) is 0 Å². The lowest BCUT2D eigenvalue weighted by Gasteiger charge is -2.34. The molecule has 0 aliphatic rings. The van der Waals surface area contributed by atoms with Crippen LogP contribution in [0, 0.1) is 7.14 Å². The highest BCUT2D eigenvalue weighted by molar-refractivity contribution is 14.1. The van der Waals surface area contributed by atoms with Gasteiger partial charge in [0.2, 0.25) is 0 Å². The molecule has 2 rings (SSSR count). The molecule has 0 aliphatic carbocycles. The summed E-state index contributed by atoms with van der Waals surface area (Å²) in [4.78, 5) is 14.7. The van der Waals surface area contributed by atoms with Crippen molar-refractivity contribution in [2.75, 3.05) is 21.1 Å². The van der Waals surface area contributed by atoms with Gasteiger partial charge in [-0.25, -0.2) is 0 Å². The minimum Gasteiger partial charge on any atom is -0.544 e. The van der Waals surface area contributed by atoms with Gasteiger partial charge < -0.3 is 19.4 Å². The number of carboxylic acids is 1. The van der Waals surface area contributed by atoms with Gasteiger partial charge in [0, 0.05) is 21.6 Å². The van der Waals surface area contributed by atoms with Gasteiger partial charge in [0.25, 0.3) is 0 Å². The number of fused-ring (bicyclic) bond motifs is 1. The number of halogens is 2. The predicted octanol–water partition coefficient (Wildman–Crippen LogP) is 1.74. The van der Waals surface area contributed by atoms with E-state index in [2.05, 4.69) is 56.2 Å². The SMILES string of the molecule is C[N+](C)(C)C(Cc1c[nH]c2c(I)c(I)ccc12)C(=O)[O-]. The molecular weight excluding hydrogens is 482 g/mol. The standard InChI is InChI=1S/C14H16I2N2O2/c1-18(2,3)11(14(19)20)6-8-7-17-13-9(8)4-5-10(15)12(13)16/h4-5,7,11,17H,6H2,1-3H3. The van der Waals surface area contributed by atoms with Gasteiger partial charge in [0.1, 0.15) is 6.04 Å². The molecule has 1 heterocycles. The van der Waals surface area contributed by atoms with Gasteiger partial charge in [-0.1, -0.05) is 6.07 Å². The summed E-state index contributed by atoms with van der Waals surface area (Å²) >= 11 is 4.60. The number of likely N-dealkylation sites (N-methyl/N-ethyl adjacent to an activating group) is 1. The van der Waals surface area contributed by atoms with Crippen molar-refractivity contribution in [3.63, 3.8) is 0 Å². The Kier molecular flexibility index (Phi) is 4.65. The molecule has 1 aromatic heterocycles. The Morgan fingerprint density at radius 1 is 1.35 bits per heavy atom. The molecule has 0 spiro atoms. The fourth-order valence-corrected chi connectivity index (χ4v) is 3.32. The molecule has 0 fully saturated rings. The molecular formula is C14H16I2N2O2. The Balaban J connectivity index is 2.44. The highest BCUT2D eigenvalue weighted by Crippen LogP contribution is 2.28. The first-order valence-corrected chi connectivity index (χ1v) is 8.33. The van der Waals surface area contributed by atoms with Crippen LogP contribution in [0.3, 0.4) is 0 Å². The quantitative estimate of drug-likeness (QED) is 0.517. The zero-order chi connectivity index (χ0) is 15.1. The van der Waals surface area contributed by atoms with Gasteiger partial charge in [0.15, 0.2) is 0 Å². The van der Waals surface area contributed by atoms with Crippen LogP contribution in [-0.2, 0) is 11.2 Å². The number of aromatic amines is 1. The molecule has 1 unspecified atom stereocenters. The van der Waals surface area contributed by atoms with Crippen molar-refractivity contribution >= 4 is 62.1 Å². The molecule has 20 heavy (non-hydrogen) atoms. The summed E-state index contributed by atoms with van der Waals surface area (Å²) in [5.41, 5.74) is 2.10. The Labute approximate surface area is 145 Å². The number of hydrogen-bond donors (Lipinski definition) is 1. The number of carbonyl (C=O) groups is 1. The molecule has 0 saturated carbocycles. The first-order valence-electron chi connectivity index (χ1n) is 6.17. The normalized spacial score (nSPS) is 13.7. The molecule has 1 aromatic carbocycles. The minimum atomic E-state index is -1.01. The van der Waals surface area contributed by atoms with E-state index >= 15 is 0 Å². The third-order valence-electron chi connectivity index (χ3n) is 3.45. The third-order valence-corrected chi connectivity index (χ3v) is 6.50. The topological polar surface area (TPSA) is 55.9 Å². The molecule has 1 N–H and O–H groups in total. The van der Waals surface area contributed by atoms with Gasteiger partial charge in [0.05, 0.1) is 36.2 Å². The largest absolute Gasteiger partial charge is 0.544 e. The number of rotatable bonds is 4. The number of aromatic nitrogens is 1. The van der Waals surface area contributed by atoms with Gasteiger partial charge in [-0.3, -0.25) is 0 Å². The third kappa shape index (κ3) is 3.11. The molecule has 108 valence electrons. The van der Waals surface area contributed by atoms with Crippen LogP contribution >= 0.6 is 45.2 Å². The Morgan fingerprint density at radius 3 is 2.55 bits per heavy atom. The Bertz CT molecular complexity index is 659. The molecule has 4 nitrogen and oxygen atoms in total. The van der Waals surface area contributed by atoms with Crippen molar-refractivity contribution in [1.29, 1.82) is 0 Å². The van der Waals surface area contributed by atoms with E-state index in [4.69, 9.17) is 0 Å². The summed E-state index contributed by atoms with van der Waals surface area (Å²) in [6.45, 7) is 0. The maximum atomic E-state index is 11.4. The average Bonchev–Trinajstić information content (AvgIpc) is 2.72. The molecule has 0 amide bonds. The van der Waals surface area contributed by atoms with Gasteiger partial charge >= 0.3 is 0 Å². The van der Waals surface area contributed by atoms with Crippen LogP contribution in [0.4, 0.5) is 0 Å². The van der Waals surface area contributed by atoms with Crippen molar-refractivity contribution in [2.24, 2.45) is 0 Å². The molecule has 0 aliphatic heterocycles. The number of hydrogen-bond acceptors (Lipinski definition) is 2. The van der Waals surface area contributed by atoms with Crippen molar-refractivity contribution < 1.29 is 14.4 Å². The van der Waals surface area contributed by atoms with Crippen LogP contribution in [0.25, 0.3) is 10.9 Å². The van der Waals surface area contributed by atoms with Crippen molar-refractivity contribution in [1.82, 2.24) is 4.98 Å². The fraction of sp³-hybridized carbons (Fsp3) is 0.357. The second kappa shape index (κ2) is 5.80. The smallest absolute Gasteiger partial charge is 0.133 e. The van der Waals surface area contributed by atoms with Crippen LogP contribution in [0.1, 0.15) is 5.56 Å². The molecule has 0 bridgehead atoms. The lowest BCUT2D eigenvalue weighted by atomic mass is 10.0. The highest BCUT2D eigenvalue weighted by atomic mass is 127. The van der Waals surface area contributed by atoms with Crippen LogP contribution in [0.15, 0.2) is 18.3 Å². The van der Waals surface area contributed by atoms with E-state index in [0.29, 0.717) is 10.9 Å². The van der Waals surface area contributed by atoms with E-state index in [1.807, 2.05) is 33.4 Å². The molecule has 6 heteroatoms. The number of carboxylic acid groups (broad SMARTS) is 1. The first-order chi connectivity index (χ1) is 9.21. The second-order valence-electron chi connectivity index (χ2n) is 5.75. The van der Waals surface area contributed by atoms with Crippen LogP contribution in [0.5, 0.6) is 0 Å². The molecule has 2 aromatic rings. The number of carbonyl (C=O) groups excluding carboxylic acids is 1. The van der Waals surface area contributed by atoms with Gasteiger partial charge in [-0.05, 0) is 56.8 Å². The Hall–Kier alpha value is -0.350. The van der Waals surface area contributed by atoms with Gasteiger partial charge in [-0.2, -0.15) is 0 Å². The maximum Gasteiger partial charge on any atom is 0.133 e. The number of benzene rings is 1. The molecule has 1 atom stereocenters. The van der Waals surface area contributed by atoms with Crippen LogP contribution < -0.4 is 5.11 Å². The van der Waals surface area contributed by atoms with Crippen molar-refractivity contribution in [3.8, 4) is 0 Å². The summed E-state index contributed by atoms with van der Waals surface area (Å²) < 4.78 is 2.70. The first kappa shape index (κ1) is 16.0. The molecule has 0 radical (unpaired) electrons. The van der Waals surface area contributed by atoms with E-state index in [1.165, 1.54) is 7.14 Å². The monoisotopic (exact) mass is 498 g/mol.